The number of methoxy groups -OCH3 is 1. The van der Waals surface area contributed by atoms with Crippen molar-refractivity contribution >= 4 is 43.8 Å². The summed E-state index contributed by atoms with van der Waals surface area (Å²) in [4.78, 5) is 50.5. The zero-order chi connectivity index (χ0) is 30.3. The lowest BCUT2D eigenvalue weighted by molar-refractivity contribution is -0.160. The van der Waals surface area contributed by atoms with Crippen LogP contribution in [0.4, 0.5) is 4.79 Å². The van der Waals surface area contributed by atoms with Crippen LogP contribution in [0.25, 0.3) is 0 Å². The second-order valence-corrected chi connectivity index (χ2v) is 17.5. The lowest BCUT2D eigenvalue weighted by atomic mass is 10.1. The van der Waals surface area contributed by atoms with Gasteiger partial charge in [0, 0.05) is 25.9 Å². The molecule has 0 saturated carbocycles. The first-order chi connectivity index (χ1) is 19.5. The molecule has 0 fully saturated rings. The molecule has 222 valence electrons. The van der Waals surface area contributed by atoms with Crippen molar-refractivity contribution in [2.75, 3.05) is 13.7 Å². The summed E-state index contributed by atoms with van der Waals surface area (Å²) in [7, 11) is -0.183. The monoisotopic (exact) mass is 600 g/mol. The lowest BCUT2D eigenvalue weighted by Gasteiger charge is -2.21. The molecule has 0 bridgehead atoms. The van der Waals surface area contributed by atoms with Crippen LogP contribution in [0, 0.1) is 5.92 Å². The van der Waals surface area contributed by atoms with Gasteiger partial charge in [-0.25, -0.2) is 4.79 Å². The average molecular weight is 601 g/mol. The van der Waals surface area contributed by atoms with Gasteiger partial charge in [0.05, 0.1) is 13.7 Å². The highest BCUT2D eigenvalue weighted by atomic mass is 32.2. The topological polar surface area (TPSA) is 120 Å². The van der Waals surface area contributed by atoms with Crippen molar-refractivity contribution in [3.05, 3.63) is 83.4 Å². The molecule has 2 aromatic rings. The number of hydrogen-bond donors (Lipinski definition) is 2. The molecule has 0 aliphatic heterocycles. The van der Waals surface area contributed by atoms with E-state index in [0.29, 0.717) is 0 Å². The molecule has 9 nitrogen and oxygen atoms in total. The number of hydrogen-bond acceptors (Lipinski definition) is 8. The number of nitrogens with one attached hydrogen (secondary N) is 2. The van der Waals surface area contributed by atoms with E-state index >= 15 is 0 Å². The summed E-state index contributed by atoms with van der Waals surface area (Å²) < 4.78 is 15.5. The van der Waals surface area contributed by atoms with E-state index in [1.807, 2.05) is 60.7 Å². The minimum absolute atomic E-state index is 0.0721. The van der Waals surface area contributed by atoms with Crippen molar-refractivity contribution in [1.82, 2.24) is 10.6 Å². The molecule has 3 atom stereocenters. The molecule has 2 N–H and O–H groups in total. The summed E-state index contributed by atoms with van der Waals surface area (Å²) >= 11 is 1.17. The van der Waals surface area contributed by atoms with Crippen LogP contribution in [0.5, 0.6) is 0 Å². The number of esters is 2. The minimum Gasteiger partial charge on any atom is -0.468 e. The molecule has 11 heteroatoms. The van der Waals surface area contributed by atoms with Gasteiger partial charge in [-0.2, -0.15) is 0 Å². The van der Waals surface area contributed by atoms with E-state index in [1.54, 1.807) is 12.3 Å². The molecular formula is C30H40N2O7SSi. The number of alkyl carbamates (subject to hydrolysis) is 1. The van der Waals surface area contributed by atoms with Crippen molar-refractivity contribution in [2.24, 2.45) is 5.92 Å². The van der Waals surface area contributed by atoms with Crippen LogP contribution in [-0.4, -0.2) is 57.0 Å². The number of carbonyl (C=O) groups is 4. The van der Waals surface area contributed by atoms with Gasteiger partial charge >= 0.3 is 18.0 Å². The van der Waals surface area contributed by atoms with E-state index in [1.165, 1.54) is 25.1 Å². The molecule has 0 unspecified atom stereocenters. The highest BCUT2D eigenvalue weighted by Gasteiger charge is 2.35. The molecule has 2 amide bonds. The number of amides is 2. The van der Waals surface area contributed by atoms with Gasteiger partial charge in [0.2, 0.25) is 5.91 Å². The van der Waals surface area contributed by atoms with Gasteiger partial charge in [-0.3, -0.25) is 14.4 Å². The maximum absolute atomic E-state index is 13.0. The smallest absolute Gasteiger partial charge is 0.408 e. The Kier molecular flexibility index (Phi) is 14.2. The maximum atomic E-state index is 13.0. The summed E-state index contributed by atoms with van der Waals surface area (Å²) in [6.45, 7) is 8.55. The Balaban J connectivity index is 1.97. The molecule has 2 aromatic carbocycles. The fraction of sp³-hybridized carbons (Fsp3) is 0.400. The first-order valence-electron chi connectivity index (χ1n) is 13.4. The quantitative estimate of drug-likeness (QED) is 0.128. The fourth-order valence-electron chi connectivity index (χ4n) is 3.58. The van der Waals surface area contributed by atoms with E-state index in [2.05, 4.69) is 30.3 Å². The Morgan fingerprint density at radius 3 is 2.10 bits per heavy atom. The predicted octanol–water partition coefficient (Wildman–Crippen LogP) is 4.90. The summed E-state index contributed by atoms with van der Waals surface area (Å²) in [5.74, 6) is -2.88. The average Bonchev–Trinajstić information content (AvgIpc) is 2.94. The van der Waals surface area contributed by atoms with E-state index in [9.17, 15) is 19.2 Å². The van der Waals surface area contributed by atoms with Crippen molar-refractivity contribution in [3.8, 4) is 0 Å². The van der Waals surface area contributed by atoms with Crippen molar-refractivity contribution < 1.29 is 33.4 Å². The number of carbonyl (C=O) groups excluding carboxylic acids is 4. The second-order valence-electron chi connectivity index (χ2n) is 10.6. The van der Waals surface area contributed by atoms with Crippen LogP contribution in [0.2, 0.25) is 25.7 Å². The molecule has 0 heterocycles. The Morgan fingerprint density at radius 2 is 1.51 bits per heavy atom. The van der Waals surface area contributed by atoms with Gasteiger partial charge in [-0.15, -0.1) is 11.8 Å². The normalized spacial score (nSPS) is 13.5. The Hall–Kier alpha value is -3.57. The Labute approximate surface area is 247 Å². The predicted molar refractivity (Wildman–Crippen MR) is 163 cm³/mol. The van der Waals surface area contributed by atoms with Crippen LogP contribution in [0.15, 0.2) is 72.3 Å². The van der Waals surface area contributed by atoms with Crippen LogP contribution in [0.1, 0.15) is 18.1 Å². The number of thioether (sulfide) groups is 1. The van der Waals surface area contributed by atoms with E-state index in [0.717, 1.165) is 17.2 Å². The molecule has 0 aliphatic rings. The molecule has 2 rings (SSSR count). The third-order valence-electron chi connectivity index (χ3n) is 5.97. The third-order valence-corrected chi connectivity index (χ3v) is 8.66. The first-order valence-corrected chi connectivity index (χ1v) is 18.0. The van der Waals surface area contributed by atoms with Crippen LogP contribution in [-0.2, 0) is 41.6 Å². The van der Waals surface area contributed by atoms with Crippen LogP contribution in [0.3, 0.4) is 0 Å². The van der Waals surface area contributed by atoms with E-state index in [-0.39, 0.29) is 19.6 Å². The highest BCUT2D eigenvalue weighted by Crippen LogP contribution is 2.23. The van der Waals surface area contributed by atoms with Crippen LogP contribution >= 0.6 is 11.8 Å². The van der Waals surface area contributed by atoms with Gasteiger partial charge in [0.1, 0.15) is 12.6 Å². The molecule has 41 heavy (non-hydrogen) atoms. The van der Waals surface area contributed by atoms with Crippen LogP contribution < -0.4 is 10.6 Å². The minimum atomic E-state index is -1.41. The van der Waals surface area contributed by atoms with Gasteiger partial charge in [-0.05, 0) is 22.6 Å². The summed E-state index contributed by atoms with van der Waals surface area (Å²) in [5, 5.41) is 6.36. The molecular weight excluding hydrogens is 560 g/mol. The third kappa shape index (κ3) is 13.1. The molecule has 0 aliphatic carbocycles. The van der Waals surface area contributed by atoms with E-state index in [4.69, 9.17) is 14.2 Å². The fourth-order valence-corrected chi connectivity index (χ4v) is 5.07. The van der Waals surface area contributed by atoms with Crippen molar-refractivity contribution in [3.63, 3.8) is 0 Å². The summed E-state index contributed by atoms with van der Waals surface area (Å²) in [5.41, 5.74) is 1.68. The molecule has 0 saturated heterocycles. The number of rotatable bonds is 15. The largest absolute Gasteiger partial charge is 0.468 e. The van der Waals surface area contributed by atoms with Crippen molar-refractivity contribution in [2.45, 2.75) is 56.9 Å². The Bertz CT molecular complexity index is 1160. The highest BCUT2D eigenvalue weighted by molar-refractivity contribution is 8.02. The second kappa shape index (κ2) is 17.3. The van der Waals surface area contributed by atoms with Crippen molar-refractivity contribution in [1.29, 1.82) is 0 Å². The zero-order valence-electron chi connectivity index (χ0n) is 24.3. The zero-order valence-corrected chi connectivity index (χ0v) is 26.1. The summed E-state index contributed by atoms with van der Waals surface area (Å²) in [6, 6.07) is 18.4. The first kappa shape index (κ1) is 33.6. The number of ether oxygens (including phenoxy) is 3. The lowest BCUT2D eigenvalue weighted by Crippen LogP contribution is -2.46. The summed E-state index contributed by atoms with van der Waals surface area (Å²) in [6.07, 6.45) is 0.937. The maximum Gasteiger partial charge on any atom is 0.408 e. The Morgan fingerprint density at radius 1 is 0.902 bits per heavy atom. The van der Waals surface area contributed by atoms with Gasteiger partial charge in [-0.1, -0.05) is 87.2 Å². The number of benzene rings is 2. The standard InChI is InChI=1S/C30H40N2O7SSi/c1-22(26(28(34)37-2)29(35)38-17-19-41(3,4)5)40-18-16-31-27(33)25(20-23-12-8-6-9-13-23)32-30(36)39-21-24-14-10-7-11-15-24/h6-16,18,22,25-26H,17,19-21H2,1-5H3,(H,31,33)(H,32,36)/b18-16+/t22-,25-,26-/m0/s1. The van der Waals surface area contributed by atoms with Gasteiger partial charge < -0.3 is 24.8 Å². The van der Waals surface area contributed by atoms with Gasteiger partial charge in [0.25, 0.3) is 0 Å². The molecule has 0 radical (unpaired) electrons. The molecule has 0 aromatic heterocycles. The molecule has 0 spiro atoms. The SMILES string of the molecule is COC(=O)[C@@H](C(=O)OCC[Si](C)(C)C)[C@H](C)S/C=C/NC(=O)[C@H](Cc1ccccc1)NC(=O)OCc1ccccc1. The van der Waals surface area contributed by atoms with Gasteiger partial charge in [0.15, 0.2) is 5.92 Å². The van der Waals surface area contributed by atoms with E-state index < -0.39 is 49.2 Å².